The number of hydrogen-bond donors (Lipinski definition) is 1. The highest BCUT2D eigenvalue weighted by Crippen LogP contribution is 2.27. The molecule has 0 saturated heterocycles. The lowest BCUT2D eigenvalue weighted by molar-refractivity contribution is 0.370. The smallest absolute Gasteiger partial charge is 0.246 e. The Hall–Kier alpha value is -3.81. The first kappa shape index (κ1) is 16.4. The predicted octanol–water partition coefficient (Wildman–Crippen LogP) is 3.97. The second-order valence-corrected chi connectivity index (χ2v) is 6.41. The van der Waals surface area contributed by atoms with Gasteiger partial charge in [0.2, 0.25) is 11.7 Å². The lowest BCUT2D eigenvalue weighted by atomic mass is 10.1. The topological polar surface area (TPSA) is 85.4 Å². The first-order valence-corrected chi connectivity index (χ1v) is 8.73. The van der Waals surface area contributed by atoms with E-state index >= 15 is 0 Å². The van der Waals surface area contributed by atoms with Gasteiger partial charge < -0.3 is 14.1 Å². The van der Waals surface area contributed by atoms with Crippen LogP contribution in [0.15, 0.2) is 59.4 Å². The fraction of sp³-hybridized carbons (Fsp3) is 0.100. The molecule has 5 rings (SSSR count). The van der Waals surface area contributed by atoms with E-state index in [1.54, 1.807) is 18.3 Å². The van der Waals surface area contributed by atoms with Crippen molar-refractivity contribution in [2.45, 2.75) is 13.5 Å². The van der Waals surface area contributed by atoms with Gasteiger partial charge in [-0.25, -0.2) is 14.4 Å². The number of aryl methyl sites for hydroxylation is 1. The Labute approximate surface area is 158 Å². The third-order valence-corrected chi connectivity index (χ3v) is 4.57. The minimum atomic E-state index is -0.425. The van der Waals surface area contributed by atoms with Crippen LogP contribution < -0.4 is 0 Å². The van der Waals surface area contributed by atoms with Crippen molar-refractivity contribution in [3.8, 4) is 22.8 Å². The van der Waals surface area contributed by atoms with E-state index in [1.807, 2.05) is 42.0 Å². The van der Waals surface area contributed by atoms with Gasteiger partial charge in [-0.3, -0.25) is 0 Å². The second kappa shape index (κ2) is 6.41. The van der Waals surface area contributed by atoms with Crippen LogP contribution >= 0.6 is 0 Å². The number of aromatic nitrogens is 6. The van der Waals surface area contributed by atoms with Crippen molar-refractivity contribution >= 4 is 11.0 Å². The molecule has 0 bridgehead atoms. The van der Waals surface area contributed by atoms with E-state index < -0.39 is 5.82 Å². The Balaban J connectivity index is 1.50. The number of H-pyrrole nitrogens is 1. The van der Waals surface area contributed by atoms with Crippen LogP contribution in [0.25, 0.3) is 33.8 Å². The van der Waals surface area contributed by atoms with Crippen LogP contribution in [0.1, 0.15) is 11.7 Å². The van der Waals surface area contributed by atoms with Crippen LogP contribution in [0.5, 0.6) is 0 Å². The number of hydrogen-bond acceptors (Lipinski definition) is 5. The summed E-state index contributed by atoms with van der Waals surface area (Å²) in [5, 5.41) is 3.94. The van der Waals surface area contributed by atoms with Gasteiger partial charge in [-0.15, -0.1) is 0 Å². The van der Waals surface area contributed by atoms with Crippen molar-refractivity contribution in [1.29, 1.82) is 0 Å². The fourth-order valence-corrected chi connectivity index (χ4v) is 3.08. The molecule has 0 aliphatic carbocycles. The fourth-order valence-electron chi connectivity index (χ4n) is 3.08. The minimum Gasteiger partial charge on any atom is -0.338 e. The molecule has 0 aliphatic rings. The van der Waals surface area contributed by atoms with E-state index in [4.69, 9.17) is 4.52 Å². The van der Waals surface area contributed by atoms with E-state index in [0.717, 1.165) is 22.4 Å². The Morgan fingerprint density at radius 1 is 1.14 bits per heavy atom. The van der Waals surface area contributed by atoms with Gasteiger partial charge in [0.05, 0.1) is 16.6 Å². The number of rotatable bonds is 4. The molecular formula is C20H15FN6O. The summed E-state index contributed by atoms with van der Waals surface area (Å²) in [6.45, 7) is 2.26. The molecule has 0 saturated carbocycles. The number of aromatic amines is 1. The molecule has 3 heterocycles. The van der Waals surface area contributed by atoms with Crippen molar-refractivity contribution in [1.82, 2.24) is 29.7 Å². The molecule has 0 radical (unpaired) electrons. The SMILES string of the molecule is Cc1nccn1Cc1nc(-c2cc(-c3nc4ccccc4[nH]3)ccc2F)no1. The monoisotopic (exact) mass is 374 g/mol. The molecule has 138 valence electrons. The molecule has 8 heteroatoms. The molecule has 1 N–H and O–H groups in total. The summed E-state index contributed by atoms with van der Waals surface area (Å²) >= 11 is 0. The molecule has 0 amide bonds. The standard InChI is InChI=1S/C20H15FN6O/c1-12-22-8-9-27(12)11-18-25-20(26-28-18)14-10-13(6-7-15(14)21)19-23-16-4-2-3-5-17(16)24-19/h2-10H,11H2,1H3,(H,23,24). The number of nitrogens with one attached hydrogen (secondary N) is 1. The van der Waals surface area contributed by atoms with E-state index in [0.29, 0.717) is 18.3 Å². The molecule has 5 aromatic rings. The lowest BCUT2D eigenvalue weighted by Crippen LogP contribution is -2.01. The Kier molecular flexibility index (Phi) is 3.75. The molecule has 0 fully saturated rings. The van der Waals surface area contributed by atoms with Crippen LogP contribution in [0.2, 0.25) is 0 Å². The zero-order chi connectivity index (χ0) is 19.1. The number of nitrogens with zero attached hydrogens (tertiary/aromatic N) is 5. The molecule has 0 aliphatic heterocycles. The molecule has 3 aromatic heterocycles. The van der Waals surface area contributed by atoms with Crippen LogP contribution in [0, 0.1) is 12.7 Å². The third kappa shape index (κ3) is 2.84. The minimum absolute atomic E-state index is 0.197. The second-order valence-electron chi connectivity index (χ2n) is 6.41. The lowest BCUT2D eigenvalue weighted by Gasteiger charge is -2.02. The first-order valence-electron chi connectivity index (χ1n) is 8.73. The van der Waals surface area contributed by atoms with Crippen molar-refractivity contribution < 1.29 is 8.91 Å². The van der Waals surface area contributed by atoms with Crippen LogP contribution in [-0.2, 0) is 6.54 Å². The summed E-state index contributed by atoms with van der Waals surface area (Å²) < 4.78 is 21.6. The van der Waals surface area contributed by atoms with Crippen molar-refractivity contribution in [3.63, 3.8) is 0 Å². The van der Waals surface area contributed by atoms with E-state index in [1.165, 1.54) is 6.07 Å². The Bertz CT molecular complexity index is 1250. The normalized spacial score (nSPS) is 11.4. The quantitative estimate of drug-likeness (QED) is 0.514. The van der Waals surface area contributed by atoms with Gasteiger partial charge in [0.1, 0.15) is 24.0 Å². The van der Waals surface area contributed by atoms with Gasteiger partial charge in [0.15, 0.2) is 0 Å². The highest BCUT2D eigenvalue weighted by Gasteiger charge is 2.16. The van der Waals surface area contributed by atoms with Gasteiger partial charge in [-0.2, -0.15) is 4.98 Å². The number of benzene rings is 2. The average Bonchev–Trinajstić information content (AvgIpc) is 3.43. The first-order chi connectivity index (χ1) is 13.7. The molecule has 2 aromatic carbocycles. The average molecular weight is 374 g/mol. The highest BCUT2D eigenvalue weighted by atomic mass is 19.1. The third-order valence-electron chi connectivity index (χ3n) is 4.57. The van der Waals surface area contributed by atoms with Crippen LogP contribution in [-0.4, -0.2) is 29.7 Å². The number of para-hydroxylation sites is 2. The maximum atomic E-state index is 14.5. The number of fused-ring (bicyclic) bond motifs is 1. The van der Waals surface area contributed by atoms with E-state index in [9.17, 15) is 4.39 Å². The summed E-state index contributed by atoms with van der Waals surface area (Å²) in [7, 11) is 0. The van der Waals surface area contributed by atoms with Crippen LogP contribution in [0.3, 0.4) is 0 Å². The van der Waals surface area contributed by atoms with Gasteiger partial charge in [0, 0.05) is 18.0 Å². The molecule has 7 nitrogen and oxygen atoms in total. The summed E-state index contributed by atoms with van der Waals surface area (Å²) in [4.78, 5) is 16.3. The molecule has 0 atom stereocenters. The Morgan fingerprint density at radius 3 is 2.86 bits per heavy atom. The van der Waals surface area contributed by atoms with Crippen molar-refractivity contribution in [3.05, 3.63) is 72.4 Å². The maximum Gasteiger partial charge on any atom is 0.246 e. The molecule has 0 spiro atoms. The summed E-state index contributed by atoms with van der Waals surface area (Å²) in [5.74, 6) is 1.64. The van der Waals surface area contributed by atoms with Gasteiger partial charge in [0.25, 0.3) is 0 Å². The maximum absolute atomic E-state index is 14.5. The molecular weight excluding hydrogens is 359 g/mol. The zero-order valence-corrected chi connectivity index (χ0v) is 14.9. The molecule has 28 heavy (non-hydrogen) atoms. The number of halogens is 1. The van der Waals surface area contributed by atoms with E-state index in [2.05, 4.69) is 25.1 Å². The largest absolute Gasteiger partial charge is 0.338 e. The van der Waals surface area contributed by atoms with Gasteiger partial charge >= 0.3 is 0 Å². The summed E-state index contributed by atoms with van der Waals surface area (Å²) in [6, 6.07) is 12.4. The zero-order valence-electron chi connectivity index (χ0n) is 14.9. The Morgan fingerprint density at radius 2 is 2.04 bits per heavy atom. The summed E-state index contributed by atoms with van der Waals surface area (Å²) in [5.41, 5.74) is 2.77. The molecule has 0 unspecified atom stereocenters. The van der Waals surface area contributed by atoms with Gasteiger partial charge in [-0.1, -0.05) is 17.3 Å². The summed E-state index contributed by atoms with van der Waals surface area (Å²) in [6.07, 6.45) is 3.52. The van der Waals surface area contributed by atoms with E-state index in [-0.39, 0.29) is 11.4 Å². The van der Waals surface area contributed by atoms with Crippen molar-refractivity contribution in [2.24, 2.45) is 0 Å². The number of imidazole rings is 2. The predicted molar refractivity (Wildman–Crippen MR) is 101 cm³/mol. The van der Waals surface area contributed by atoms with Crippen molar-refractivity contribution in [2.75, 3.05) is 0 Å². The van der Waals surface area contributed by atoms with Gasteiger partial charge in [-0.05, 0) is 37.3 Å². The highest BCUT2D eigenvalue weighted by molar-refractivity contribution is 5.80. The van der Waals surface area contributed by atoms with Crippen LogP contribution in [0.4, 0.5) is 4.39 Å².